The lowest BCUT2D eigenvalue weighted by Gasteiger charge is -2.25. The molecule has 6 rings (SSSR count). The number of hydrogen-bond acceptors (Lipinski definition) is 10. The Hall–Kier alpha value is -4.66. The molecule has 2 saturated carbocycles. The van der Waals surface area contributed by atoms with Crippen molar-refractivity contribution >= 4 is 38.8 Å². The van der Waals surface area contributed by atoms with Crippen LogP contribution in [0.25, 0.3) is 16.7 Å². The standard InChI is InChI=1S/C33H40N6O8S/c1-21-13-16-39(36-21)29-19-28(25-12-9-23(45-3)18-26(25)34-29)46-17-14-27-30(40)35-33(31(41)37-48(43,44)24-10-11-24)20-22(33)8-6-4-5-7-15-38(2)32(42)47-27/h6,8-9,12-13,16,18-19,22,24,27H,4-5,7,10-11,14-15,17,20H2,1-3H3,(H,35,40)(H,37,41)/b8-6-/t22-,27+,33-/m1/s1. The first-order valence-corrected chi connectivity index (χ1v) is 17.6. The minimum atomic E-state index is -3.85. The quantitative estimate of drug-likeness (QED) is 0.320. The van der Waals surface area contributed by atoms with Gasteiger partial charge in [-0.15, -0.1) is 0 Å². The van der Waals surface area contributed by atoms with E-state index >= 15 is 0 Å². The lowest BCUT2D eigenvalue weighted by atomic mass is 10.1. The van der Waals surface area contributed by atoms with Gasteiger partial charge in [-0.05, 0) is 63.6 Å². The Morgan fingerprint density at radius 2 is 2.00 bits per heavy atom. The number of ether oxygens (including phenoxy) is 3. The van der Waals surface area contributed by atoms with Gasteiger partial charge in [0.1, 0.15) is 17.0 Å². The van der Waals surface area contributed by atoms with Crippen LogP contribution in [0.1, 0.15) is 50.6 Å². The molecule has 0 radical (unpaired) electrons. The fourth-order valence-corrected chi connectivity index (χ4v) is 7.09. The number of carbonyl (C=O) groups is 3. The van der Waals surface area contributed by atoms with E-state index in [-0.39, 0.29) is 19.4 Å². The minimum absolute atomic E-state index is 0.0453. The predicted molar refractivity (Wildman–Crippen MR) is 175 cm³/mol. The van der Waals surface area contributed by atoms with Gasteiger partial charge in [0.25, 0.3) is 11.8 Å². The molecular formula is C33H40N6O8S. The van der Waals surface area contributed by atoms with Crippen LogP contribution in [-0.4, -0.2) is 90.2 Å². The topological polar surface area (TPSA) is 171 Å². The summed E-state index contributed by atoms with van der Waals surface area (Å²) in [6.07, 6.45) is 6.91. The van der Waals surface area contributed by atoms with Gasteiger partial charge in [0, 0.05) is 49.6 Å². The summed E-state index contributed by atoms with van der Waals surface area (Å²) >= 11 is 0. The number of hydrogen-bond donors (Lipinski definition) is 2. The van der Waals surface area contributed by atoms with Gasteiger partial charge in [-0.1, -0.05) is 12.2 Å². The molecule has 3 amide bonds. The Kier molecular flexibility index (Phi) is 9.32. The molecule has 3 atom stereocenters. The Morgan fingerprint density at radius 1 is 1.19 bits per heavy atom. The van der Waals surface area contributed by atoms with Crippen LogP contribution in [0.4, 0.5) is 4.79 Å². The fraction of sp³-hybridized carbons (Fsp3) is 0.485. The molecule has 1 aromatic carbocycles. The Labute approximate surface area is 278 Å². The fourth-order valence-electron chi connectivity index (χ4n) is 5.73. The van der Waals surface area contributed by atoms with Crippen molar-refractivity contribution in [2.45, 2.75) is 68.8 Å². The van der Waals surface area contributed by atoms with Crippen molar-refractivity contribution in [3.05, 3.63) is 54.4 Å². The molecule has 3 heterocycles. The molecule has 2 aliphatic carbocycles. The van der Waals surface area contributed by atoms with E-state index in [9.17, 15) is 22.8 Å². The van der Waals surface area contributed by atoms with Crippen molar-refractivity contribution in [2.75, 3.05) is 27.3 Å². The van der Waals surface area contributed by atoms with Gasteiger partial charge in [-0.25, -0.2) is 22.9 Å². The van der Waals surface area contributed by atoms with Crippen molar-refractivity contribution in [2.24, 2.45) is 5.92 Å². The summed E-state index contributed by atoms with van der Waals surface area (Å²) in [5.41, 5.74) is -0.0730. The van der Waals surface area contributed by atoms with Gasteiger partial charge >= 0.3 is 6.09 Å². The molecule has 2 aromatic heterocycles. The number of pyridine rings is 1. The molecule has 0 spiro atoms. The van der Waals surface area contributed by atoms with Gasteiger partial charge in [-0.3, -0.25) is 14.3 Å². The molecule has 14 nitrogen and oxygen atoms in total. The second kappa shape index (κ2) is 13.5. The maximum Gasteiger partial charge on any atom is 0.410 e. The number of nitrogens with one attached hydrogen (secondary N) is 2. The number of sulfonamides is 1. The summed E-state index contributed by atoms with van der Waals surface area (Å²) in [5, 5.41) is 7.30. The Bertz CT molecular complexity index is 1860. The molecule has 256 valence electrons. The molecule has 15 heteroatoms. The van der Waals surface area contributed by atoms with Crippen LogP contribution >= 0.6 is 0 Å². The highest BCUT2D eigenvalue weighted by molar-refractivity contribution is 7.91. The minimum Gasteiger partial charge on any atom is -0.497 e. The largest absolute Gasteiger partial charge is 0.497 e. The van der Waals surface area contributed by atoms with Gasteiger partial charge in [0.15, 0.2) is 11.9 Å². The summed E-state index contributed by atoms with van der Waals surface area (Å²) in [6.45, 7) is 2.26. The number of cyclic esters (lactones) is 1. The summed E-state index contributed by atoms with van der Waals surface area (Å²) < 4.78 is 46.4. The second-order valence-electron chi connectivity index (χ2n) is 12.6. The number of allylic oxidation sites excluding steroid dienone is 1. The molecule has 3 aliphatic rings. The number of methoxy groups -OCH3 is 1. The number of aromatic nitrogens is 3. The van der Waals surface area contributed by atoms with E-state index in [1.807, 2.05) is 31.2 Å². The highest BCUT2D eigenvalue weighted by atomic mass is 32.2. The molecule has 2 N–H and O–H groups in total. The third-order valence-electron chi connectivity index (χ3n) is 8.85. The number of carbonyl (C=O) groups excluding carboxylic acids is 3. The van der Waals surface area contributed by atoms with Crippen LogP contribution in [0.15, 0.2) is 48.7 Å². The number of amides is 3. The molecule has 3 aromatic rings. The van der Waals surface area contributed by atoms with Crippen molar-refractivity contribution < 1.29 is 37.0 Å². The number of fused-ring (bicyclic) bond motifs is 2. The highest BCUT2D eigenvalue weighted by Gasteiger charge is 2.61. The molecular weight excluding hydrogens is 640 g/mol. The van der Waals surface area contributed by atoms with E-state index in [1.165, 1.54) is 4.90 Å². The SMILES string of the molecule is COc1ccc2c(OCC[C@@H]3OC(=O)N(C)CCCC/C=C\[C@@H]4C[C@@]4(C(=O)NS(=O)(=O)C4CC4)NC3=O)cc(-n3ccc(C)n3)nc2c1. The van der Waals surface area contributed by atoms with E-state index in [0.717, 1.165) is 12.1 Å². The molecule has 1 aliphatic heterocycles. The number of aryl methyl sites for hydroxylation is 1. The average Bonchev–Trinajstić information content (AvgIpc) is 3.98. The maximum absolute atomic E-state index is 13.8. The van der Waals surface area contributed by atoms with Crippen LogP contribution < -0.4 is 19.5 Å². The first-order valence-electron chi connectivity index (χ1n) is 16.1. The zero-order valence-corrected chi connectivity index (χ0v) is 28.0. The van der Waals surface area contributed by atoms with E-state index < -0.39 is 50.7 Å². The first kappa shape index (κ1) is 33.2. The summed E-state index contributed by atoms with van der Waals surface area (Å²) in [7, 11) is -0.689. The molecule has 0 saturated heterocycles. The molecule has 0 bridgehead atoms. The Morgan fingerprint density at radius 3 is 2.73 bits per heavy atom. The zero-order chi connectivity index (χ0) is 34.1. The summed E-state index contributed by atoms with van der Waals surface area (Å²) in [4.78, 5) is 46.4. The van der Waals surface area contributed by atoms with Crippen molar-refractivity contribution in [3.63, 3.8) is 0 Å². The third kappa shape index (κ3) is 7.25. The van der Waals surface area contributed by atoms with Gasteiger partial charge in [-0.2, -0.15) is 5.10 Å². The van der Waals surface area contributed by atoms with Crippen LogP contribution in [0.3, 0.4) is 0 Å². The van der Waals surface area contributed by atoms with Gasteiger partial charge < -0.3 is 24.4 Å². The third-order valence-corrected chi connectivity index (χ3v) is 10.7. The second-order valence-corrected chi connectivity index (χ2v) is 14.5. The van der Waals surface area contributed by atoms with Crippen LogP contribution in [0.2, 0.25) is 0 Å². The van der Waals surface area contributed by atoms with Crippen molar-refractivity contribution in [3.8, 4) is 17.3 Å². The predicted octanol–water partition coefficient (Wildman–Crippen LogP) is 3.17. The van der Waals surface area contributed by atoms with E-state index in [4.69, 9.17) is 19.2 Å². The molecule has 2 fully saturated rings. The number of nitrogens with zero attached hydrogens (tertiary/aromatic N) is 4. The van der Waals surface area contributed by atoms with Crippen molar-refractivity contribution in [1.29, 1.82) is 0 Å². The van der Waals surface area contributed by atoms with Gasteiger partial charge in [0.2, 0.25) is 10.0 Å². The normalized spacial score (nSPS) is 24.1. The van der Waals surface area contributed by atoms with Gasteiger partial charge in [0.05, 0.1) is 30.2 Å². The average molecular weight is 681 g/mol. The van der Waals surface area contributed by atoms with Crippen LogP contribution in [-0.2, 0) is 24.3 Å². The zero-order valence-electron chi connectivity index (χ0n) is 27.2. The van der Waals surface area contributed by atoms with Crippen LogP contribution in [0, 0.1) is 12.8 Å². The monoisotopic (exact) mass is 680 g/mol. The molecule has 0 unspecified atom stereocenters. The van der Waals surface area contributed by atoms with Crippen molar-refractivity contribution in [1.82, 2.24) is 29.7 Å². The molecule has 48 heavy (non-hydrogen) atoms. The lowest BCUT2D eigenvalue weighted by Crippen LogP contribution is -2.55. The van der Waals surface area contributed by atoms with E-state index in [1.54, 1.807) is 43.2 Å². The first-order chi connectivity index (χ1) is 23.0. The highest BCUT2D eigenvalue weighted by Crippen LogP contribution is 2.46. The number of benzene rings is 1. The number of rotatable bonds is 9. The summed E-state index contributed by atoms with van der Waals surface area (Å²) in [6, 6.07) is 8.96. The smallest absolute Gasteiger partial charge is 0.410 e. The summed E-state index contributed by atoms with van der Waals surface area (Å²) in [5.74, 6) is -0.335. The lowest BCUT2D eigenvalue weighted by molar-refractivity contribution is -0.135. The van der Waals surface area contributed by atoms with E-state index in [2.05, 4.69) is 15.1 Å². The Balaban J connectivity index is 1.24. The maximum atomic E-state index is 13.8. The van der Waals surface area contributed by atoms with Crippen LogP contribution in [0.5, 0.6) is 11.5 Å². The van der Waals surface area contributed by atoms with E-state index in [0.29, 0.717) is 60.4 Å².